The molecular formula is C100H65BrN4S2. The molecule has 0 aliphatic heterocycles. The lowest BCUT2D eigenvalue weighted by Gasteiger charge is -2.28. The summed E-state index contributed by atoms with van der Waals surface area (Å²) < 4.78 is 11.2. The fraction of sp³-hybridized carbons (Fsp3) is 0. The summed E-state index contributed by atoms with van der Waals surface area (Å²) in [4.78, 5) is 2.46. The van der Waals surface area contributed by atoms with E-state index in [0.29, 0.717) is 0 Å². The summed E-state index contributed by atoms with van der Waals surface area (Å²) in [6, 6.07) is 140. The van der Waals surface area contributed by atoms with E-state index in [1.54, 1.807) is 0 Å². The standard InChI is InChI=1S/C50H32N2S.C30H18BrNS.C20H15N/c1-3-13-33(14-4-1)36-25-28-46-42(31-36)41-27-30-48-49(50(41)52(46)37-19-5-2-6-20-37)43-32-38(26-29-47(43)53-48)51(44-23-11-17-34-15-7-9-21-39(34)44)45-24-12-18-35-16-8-10-22-40(35)45;31-21-12-15-27-25(18-21)29-28(33-27)16-13-23-24-17-20(19-7-3-1-4-8-19)11-14-26(24)32(30(23)29)22-9-5-2-6-10-22;1-3-11-17-15(7-1)9-5-13-19(17)21-20-14-6-10-16-8-2-4-12-18(16)20/h1-32H;1-18H;1-14,21H. The number of hydrogen-bond acceptors (Lipinski definition) is 4. The molecule has 4 heterocycles. The lowest BCUT2D eigenvalue weighted by molar-refractivity contribution is 1.19. The van der Waals surface area contributed by atoms with Crippen LogP contribution in [-0.4, -0.2) is 9.13 Å². The third-order valence-electron chi connectivity index (χ3n) is 21.0. The van der Waals surface area contributed by atoms with Crippen molar-refractivity contribution in [1.82, 2.24) is 9.13 Å². The van der Waals surface area contributed by atoms with E-state index in [4.69, 9.17) is 0 Å². The highest BCUT2D eigenvalue weighted by Gasteiger charge is 2.24. The minimum Gasteiger partial charge on any atom is -0.355 e. The molecule has 504 valence electrons. The Bertz CT molecular complexity index is 7000. The number of benzene rings is 18. The van der Waals surface area contributed by atoms with Crippen molar-refractivity contribution in [3.63, 3.8) is 0 Å². The molecule has 0 saturated heterocycles. The normalized spacial score (nSPS) is 11.6. The van der Waals surface area contributed by atoms with Crippen molar-refractivity contribution >= 4 is 194 Å². The summed E-state index contributed by atoms with van der Waals surface area (Å²) in [5.41, 5.74) is 18.0. The third-order valence-corrected chi connectivity index (χ3v) is 23.8. The second-order valence-electron chi connectivity index (χ2n) is 27.2. The van der Waals surface area contributed by atoms with Gasteiger partial charge in [0.15, 0.2) is 0 Å². The number of para-hydroxylation sites is 2. The van der Waals surface area contributed by atoms with Crippen molar-refractivity contribution in [1.29, 1.82) is 0 Å². The Hall–Kier alpha value is -12.9. The molecule has 22 aromatic rings. The molecule has 0 bridgehead atoms. The number of nitrogens with zero attached hydrogens (tertiary/aromatic N) is 3. The van der Waals surface area contributed by atoms with Crippen molar-refractivity contribution in [2.75, 3.05) is 10.2 Å². The number of hydrogen-bond donors (Lipinski definition) is 1. The third kappa shape index (κ3) is 11.3. The average Bonchev–Trinajstić information content (AvgIpc) is 1.56. The van der Waals surface area contributed by atoms with Crippen LogP contribution >= 0.6 is 38.6 Å². The molecule has 0 spiro atoms. The van der Waals surface area contributed by atoms with Gasteiger partial charge in [0.1, 0.15) is 0 Å². The molecule has 0 radical (unpaired) electrons. The Labute approximate surface area is 634 Å². The maximum atomic E-state index is 3.70. The van der Waals surface area contributed by atoms with E-state index in [0.717, 1.165) is 38.6 Å². The number of thiophene rings is 2. The molecule has 0 unspecified atom stereocenters. The summed E-state index contributed by atoms with van der Waals surface area (Å²) in [6.07, 6.45) is 0. The van der Waals surface area contributed by atoms with Crippen LogP contribution in [0.5, 0.6) is 0 Å². The van der Waals surface area contributed by atoms with Crippen molar-refractivity contribution in [3.05, 3.63) is 393 Å². The zero-order chi connectivity index (χ0) is 70.9. The van der Waals surface area contributed by atoms with Crippen LogP contribution in [0.25, 0.3) is 161 Å². The van der Waals surface area contributed by atoms with Crippen LogP contribution < -0.4 is 10.2 Å². The molecule has 4 aromatic heterocycles. The van der Waals surface area contributed by atoms with Crippen LogP contribution in [0.15, 0.2) is 393 Å². The predicted octanol–water partition coefficient (Wildman–Crippen LogP) is 29.9. The molecule has 18 aromatic carbocycles. The van der Waals surface area contributed by atoms with Crippen LogP contribution in [0, 0.1) is 0 Å². The molecule has 0 atom stereocenters. The van der Waals surface area contributed by atoms with Crippen molar-refractivity contribution < 1.29 is 0 Å². The van der Waals surface area contributed by atoms with Gasteiger partial charge in [-0.25, -0.2) is 0 Å². The van der Waals surface area contributed by atoms with Crippen molar-refractivity contribution in [2.24, 2.45) is 0 Å². The van der Waals surface area contributed by atoms with Gasteiger partial charge < -0.3 is 19.4 Å². The fourth-order valence-corrected chi connectivity index (χ4v) is 18.7. The molecule has 7 heteroatoms. The van der Waals surface area contributed by atoms with Crippen LogP contribution in [-0.2, 0) is 0 Å². The van der Waals surface area contributed by atoms with Gasteiger partial charge in [-0.2, -0.15) is 0 Å². The maximum Gasteiger partial charge on any atom is 0.0634 e. The van der Waals surface area contributed by atoms with Gasteiger partial charge in [0.05, 0.1) is 33.4 Å². The van der Waals surface area contributed by atoms with Gasteiger partial charge in [0, 0.05) is 116 Å². The summed E-state index contributed by atoms with van der Waals surface area (Å²) in [7, 11) is 0. The van der Waals surface area contributed by atoms with E-state index < -0.39 is 0 Å². The monoisotopic (exact) mass is 1460 g/mol. The number of rotatable bonds is 9. The minimum absolute atomic E-state index is 1.11. The van der Waals surface area contributed by atoms with Gasteiger partial charge in [0.2, 0.25) is 0 Å². The first kappa shape index (κ1) is 63.8. The molecule has 0 fully saturated rings. The highest BCUT2D eigenvalue weighted by atomic mass is 79.9. The average molecular weight is 1470 g/mol. The molecule has 0 aliphatic carbocycles. The van der Waals surface area contributed by atoms with E-state index in [1.807, 2.05) is 22.7 Å². The number of fused-ring (bicyclic) bond motifs is 18. The molecule has 22 rings (SSSR count). The Morgan fingerprint density at radius 3 is 1.09 bits per heavy atom. The molecule has 1 N–H and O–H groups in total. The second-order valence-corrected chi connectivity index (χ2v) is 30.3. The first-order chi connectivity index (χ1) is 53.0. The van der Waals surface area contributed by atoms with E-state index in [9.17, 15) is 0 Å². The fourth-order valence-electron chi connectivity index (χ4n) is 16.2. The van der Waals surface area contributed by atoms with Gasteiger partial charge in [0.25, 0.3) is 0 Å². The Kier molecular flexibility index (Phi) is 16.1. The largest absolute Gasteiger partial charge is 0.355 e. The van der Waals surface area contributed by atoms with Gasteiger partial charge in [-0.05, 0) is 165 Å². The first-order valence-corrected chi connectivity index (χ1v) is 38.6. The predicted molar refractivity (Wildman–Crippen MR) is 467 cm³/mol. The molecule has 0 amide bonds. The smallest absolute Gasteiger partial charge is 0.0634 e. The van der Waals surface area contributed by atoms with Crippen LogP contribution in [0.2, 0.25) is 0 Å². The highest BCUT2D eigenvalue weighted by Crippen LogP contribution is 2.50. The zero-order valence-electron chi connectivity index (χ0n) is 58.0. The SMILES string of the molecule is Brc1ccc2sc3ccc4c5cc(-c6ccccc6)ccc5n(-c5ccccc5)c4c3c2c1.c1ccc(-c2ccc3c(c2)c2ccc4sc5ccc(N(c6cccc7ccccc67)c6cccc7ccccc67)cc5c4c2n3-c2ccccc2)cc1.c1ccc2c(Nc3cccc4ccccc34)cccc2c1. The van der Waals surface area contributed by atoms with Crippen LogP contribution in [0.1, 0.15) is 0 Å². The summed E-state index contributed by atoms with van der Waals surface area (Å²) in [5.74, 6) is 0. The van der Waals surface area contributed by atoms with Gasteiger partial charge >= 0.3 is 0 Å². The van der Waals surface area contributed by atoms with Gasteiger partial charge in [-0.15, -0.1) is 22.7 Å². The molecule has 4 nitrogen and oxygen atoms in total. The number of halogens is 1. The Morgan fingerprint density at radius 2 is 0.626 bits per heavy atom. The summed E-state index contributed by atoms with van der Waals surface area (Å²) >= 11 is 7.44. The Morgan fingerprint density at radius 1 is 0.252 bits per heavy atom. The minimum atomic E-state index is 1.11. The maximum absolute atomic E-state index is 3.70. The second kappa shape index (κ2) is 27.0. The molecular weight excluding hydrogens is 1400 g/mol. The number of anilines is 5. The van der Waals surface area contributed by atoms with Crippen molar-refractivity contribution in [3.8, 4) is 33.6 Å². The van der Waals surface area contributed by atoms with Crippen molar-refractivity contribution in [2.45, 2.75) is 0 Å². The molecule has 107 heavy (non-hydrogen) atoms. The van der Waals surface area contributed by atoms with E-state index in [-0.39, 0.29) is 0 Å². The lowest BCUT2D eigenvalue weighted by atomic mass is 10.0. The topological polar surface area (TPSA) is 25.1 Å². The molecule has 0 aliphatic rings. The summed E-state index contributed by atoms with van der Waals surface area (Å²) in [5, 5.41) is 23.8. The Balaban J connectivity index is 0.000000118. The molecule has 0 saturated carbocycles. The highest BCUT2D eigenvalue weighted by molar-refractivity contribution is 9.10. The van der Waals surface area contributed by atoms with E-state index in [1.165, 1.54) is 155 Å². The van der Waals surface area contributed by atoms with Crippen LogP contribution in [0.4, 0.5) is 28.4 Å². The van der Waals surface area contributed by atoms with E-state index >= 15 is 0 Å². The van der Waals surface area contributed by atoms with Gasteiger partial charge in [-0.3, -0.25) is 0 Å². The van der Waals surface area contributed by atoms with Gasteiger partial charge in [-0.1, -0.05) is 283 Å². The van der Waals surface area contributed by atoms with Crippen LogP contribution in [0.3, 0.4) is 0 Å². The van der Waals surface area contributed by atoms with E-state index in [2.05, 4.69) is 424 Å². The summed E-state index contributed by atoms with van der Waals surface area (Å²) in [6.45, 7) is 0. The number of aromatic nitrogens is 2. The lowest BCUT2D eigenvalue weighted by Crippen LogP contribution is -2.11. The first-order valence-electron chi connectivity index (χ1n) is 36.2. The zero-order valence-corrected chi connectivity index (χ0v) is 61.2. The quantitative estimate of drug-likeness (QED) is 0.156. The number of nitrogens with one attached hydrogen (secondary N) is 1.